The Morgan fingerprint density at radius 2 is 2.00 bits per heavy atom. The summed E-state index contributed by atoms with van der Waals surface area (Å²) in [5, 5.41) is 5.78. The molecule has 0 spiro atoms. The van der Waals surface area contributed by atoms with Crippen molar-refractivity contribution in [3.8, 4) is 0 Å². The molecule has 9 nitrogen and oxygen atoms in total. The van der Waals surface area contributed by atoms with Gasteiger partial charge in [-0.15, -0.1) is 0 Å². The molecule has 2 aliphatic heterocycles. The van der Waals surface area contributed by atoms with Gasteiger partial charge in [0.25, 0.3) is 0 Å². The van der Waals surface area contributed by atoms with E-state index in [2.05, 4.69) is 15.5 Å². The number of benzene rings is 1. The Bertz CT molecular complexity index is 982. The van der Waals surface area contributed by atoms with Gasteiger partial charge in [-0.25, -0.2) is 18.8 Å². The molecule has 2 atom stereocenters. The molecule has 0 radical (unpaired) electrons. The number of urea groups is 2. The topological polar surface area (TPSA) is 94.2 Å². The molecule has 2 N–H and O–H groups in total. The molecule has 2 heterocycles. The Balaban J connectivity index is 1.94. The number of halogens is 1. The minimum absolute atomic E-state index is 0.0450. The fraction of sp³-hybridized carbons (Fsp3) is 0.560. The van der Waals surface area contributed by atoms with Gasteiger partial charge in [-0.3, -0.25) is 9.80 Å². The highest BCUT2D eigenvalue weighted by atomic mass is 19.1. The molecule has 1 fully saturated rings. The van der Waals surface area contributed by atoms with Crippen LogP contribution in [0.15, 0.2) is 35.5 Å². The van der Waals surface area contributed by atoms with Crippen molar-refractivity contribution in [1.82, 2.24) is 25.3 Å². The molecule has 0 aliphatic carbocycles. The van der Waals surface area contributed by atoms with Crippen LogP contribution in [-0.2, 0) is 9.53 Å². The first-order valence-corrected chi connectivity index (χ1v) is 12.2. The van der Waals surface area contributed by atoms with Gasteiger partial charge >= 0.3 is 18.0 Å². The van der Waals surface area contributed by atoms with Crippen molar-refractivity contribution in [2.75, 3.05) is 39.3 Å². The number of esters is 1. The van der Waals surface area contributed by atoms with Gasteiger partial charge in [0.15, 0.2) is 0 Å². The number of hydrogen-bond acceptors (Lipinski definition) is 5. The second-order valence-electron chi connectivity index (χ2n) is 9.14. The molecule has 0 aromatic heterocycles. The normalized spacial score (nSPS) is 21.3. The second-order valence-corrected chi connectivity index (χ2v) is 9.14. The van der Waals surface area contributed by atoms with E-state index in [9.17, 15) is 18.8 Å². The number of ether oxygens (including phenoxy) is 1. The molecule has 3 rings (SSSR count). The molecular formula is C25H36FN5O4. The third-order valence-electron chi connectivity index (χ3n) is 6.19. The molecule has 10 heteroatoms. The summed E-state index contributed by atoms with van der Waals surface area (Å²) in [6.07, 6.45) is 0. The van der Waals surface area contributed by atoms with Crippen LogP contribution in [0.5, 0.6) is 0 Å². The molecule has 192 valence electrons. The fourth-order valence-electron chi connectivity index (χ4n) is 4.61. The molecule has 4 amide bonds. The Morgan fingerprint density at radius 3 is 2.60 bits per heavy atom. The summed E-state index contributed by atoms with van der Waals surface area (Å²) in [5.74, 6) is -0.998. The summed E-state index contributed by atoms with van der Waals surface area (Å²) >= 11 is 0. The minimum Gasteiger partial charge on any atom is -0.463 e. The number of nitrogens with one attached hydrogen (secondary N) is 2. The van der Waals surface area contributed by atoms with Crippen molar-refractivity contribution in [3.05, 3.63) is 46.9 Å². The van der Waals surface area contributed by atoms with Gasteiger partial charge in [0.2, 0.25) is 0 Å². The van der Waals surface area contributed by atoms with E-state index in [1.807, 2.05) is 27.7 Å². The van der Waals surface area contributed by atoms with Gasteiger partial charge in [0.05, 0.1) is 18.2 Å². The van der Waals surface area contributed by atoms with E-state index in [4.69, 9.17) is 4.74 Å². The Morgan fingerprint density at radius 1 is 1.26 bits per heavy atom. The predicted molar refractivity (Wildman–Crippen MR) is 130 cm³/mol. The SMILES string of the molecule is CCOC(=O)C1=C(CN2CCN(C(=O)NC(C)C)[C@@H](C)C2)N(CC)C(=O)N[C@H]1c1cccc(F)c1. The van der Waals surface area contributed by atoms with Crippen LogP contribution in [0.4, 0.5) is 14.0 Å². The number of carbonyl (C=O) groups is 3. The average molecular weight is 490 g/mol. The maximum absolute atomic E-state index is 14.0. The third kappa shape index (κ3) is 6.11. The van der Waals surface area contributed by atoms with E-state index < -0.39 is 17.8 Å². The number of carbonyl (C=O) groups excluding carboxylic acids is 3. The van der Waals surface area contributed by atoms with Crippen LogP contribution in [0.1, 0.15) is 46.2 Å². The quantitative estimate of drug-likeness (QED) is 0.575. The smallest absolute Gasteiger partial charge is 0.338 e. The highest BCUT2D eigenvalue weighted by Crippen LogP contribution is 2.32. The molecule has 0 bridgehead atoms. The number of rotatable bonds is 7. The first-order valence-electron chi connectivity index (χ1n) is 12.2. The fourth-order valence-corrected chi connectivity index (χ4v) is 4.61. The first-order chi connectivity index (χ1) is 16.7. The summed E-state index contributed by atoms with van der Waals surface area (Å²) in [7, 11) is 0. The zero-order valence-electron chi connectivity index (χ0n) is 21.1. The first kappa shape index (κ1) is 26.5. The number of hydrogen-bond donors (Lipinski definition) is 2. The van der Waals surface area contributed by atoms with Crippen molar-refractivity contribution in [2.24, 2.45) is 0 Å². The van der Waals surface area contributed by atoms with E-state index in [1.54, 1.807) is 24.0 Å². The minimum atomic E-state index is -0.828. The number of piperazine rings is 1. The number of nitrogens with zero attached hydrogens (tertiary/aromatic N) is 3. The Hall–Kier alpha value is -3.14. The lowest BCUT2D eigenvalue weighted by molar-refractivity contribution is -0.139. The van der Waals surface area contributed by atoms with Crippen LogP contribution in [0.25, 0.3) is 0 Å². The number of amides is 4. The summed E-state index contributed by atoms with van der Waals surface area (Å²) in [4.78, 5) is 44.2. The van der Waals surface area contributed by atoms with E-state index >= 15 is 0 Å². The van der Waals surface area contributed by atoms with Crippen LogP contribution in [0, 0.1) is 5.82 Å². The lowest BCUT2D eigenvalue weighted by Crippen LogP contribution is -2.58. The van der Waals surface area contributed by atoms with Gasteiger partial charge in [0, 0.05) is 50.5 Å². The number of likely N-dealkylation sites (N-methyl/N-ethyl adjacent to an activating group) is 1. The van der Waals surface area contributed by atoms with E-state index in [-0.39, 0.29) is 30.8 Å². The van der Waals surface area contributed by atoms with Crippen molar-refractivity contribution in [2.45, 2.75) is 52.7 Å². The standard InChI is InChI=1S/C25H36FN5O4/c1-6-30-20(15-29-11-12-31(17(5)14-29)24(33)27-16(3)4)21(23(32)35-7-2)22(28-25(30)34)18-9-8-10-19(26)13-18/h8-10,13,16-17,22H,6-7,11-12,14-15H2,1-5H3,(H,27,33)(H,28,34)/t17-,22-/m0/s1. The predicted octanol–water partition coefficient (Wildman–Crippen LogP) is 2.85. The van der Waals surface area contributed by atoms with Crippen LogP contribution in [0.3, 0.4) is 0 Å². The Labute approximate surface area is 206 Å². The summed E-state index contributed by atoms with van der Waals surface area (Å²) in [6, 6.07) is 4.57. The van der Waals surface area contributed by atoms with E-state index in [0.29, 0.717) is 49.6 Å². The lowest BCUT2D eigenvalue weighted by atomic mass is 9.94. The van der Waals surface area contributed by atoms with Crippen molar-refractivity contribution >= 4 is 18.0 Å². The molecule has 1 aromatic carbocycles. The maximum atomic E-state index is 14.0. The highest BCUT2D eigenvalue weighted by molar-refractivity contribution is 5.95. The third-order valence-corrected chi connectivity index (χ3v) is 6.19. The lowest BCUT2D eigenvalue weighted by Gasteiger charge is -2.43. The molecular weight excluding hydrogens is 453 g/mol. The molecule has 1 aromatic rings. The van der Waals surface area contributed by atoms with Gasteiger partial charge in [-0.05, 0) is 52.3 Å². The highest BCUT2D eigenvalue weighted by Gasteiger charge is 2.39. The van der Waals surface area contributed by atoms with Gasteiger partial charge in [-0.1, -0.05) is 12.1 Å². The van der Waals surface area contributed by atoms with E-state index in [1.165, 1.54) is 17.0 Å². The monoisotopic (exact) mass is 489 g/mol. The van der Waals surface area contributed by atoms with Crippen molar-refractivity contribution < 1.29 is 23.5 Å². The van der Waals surface area contributed by atoms with E-state index in [0.717, 1.165) is 0 Å². The van der Waals surface area contributed by atoms with Crippen LogP contribution in [0.2, 0.25) is 0 Å². The second kappa shape index (κ2) is 11.5. The largest absolute Gasteiger partial charge is 0.463 e. The van der Waals surface area contributed by atoms with Crippen LogP contribution in [-0.4, -0.2) is 84.1 Å². The van der Waals surface area contributed by atoms with Crippen LogP contribution >= 0.6 is 0 Å². The zero-order chi connectivity index (χ0) is 25.7. The van der Waals surface area contributed by atoms with Crippen molar-refractivity contribution in [3.63, 3.8) is 0 Å². The molecule has 2 aliphatic rings. The van der Waals surface area contributed by atoms with Crippen LogP contribution < -0.4 is 10.6 Å². The molecule has 0 saturated carbocycles. The van der Waals surface area contributed by atoms with Crippen molar-refractivity contribution in [1.29, 1.82) is 0 Å². The van der Waals surface area contributed by atoms with Gasteiger partial charge in [0.1, 0.15) is 5.82 Å². The average Bonchev–Trinajstić information content (AvgIpc) is 2.78. The molecule has 35 heavy (non-hydrogen) atoms. The summed E-state index contributed by atoms with van der Waals surface area (Å²) in [5.41, 5.74) is 1.31. The maximum Gasteiger partial charge on any atom is 0.338 e. The zero-order valence-corrected chi connectivity index (χ0v) is 21.1. The molecule has 0 unspecified atom stereocenters. The summed E-state index contributed by atoms with van der Waals surface area (Å²) in [6.45, 7) is 11.9. The Kier molecular flexibility index (Phi) is 8.71. The van der Waals surface area contributed by atoms with Gasteiger partial charge in [-0.2, -0.15) is 0 Å². The summed E-state index contributed by atoms with van der Waals surface area (Å²) < 4.78 is 19.4. The van der Waals surface area contributed by atoms with Gasteiger partial charge < -0.3 is 20.3 Å². The molecule has 1 saturated heterocycles.